The monoisotopic (exact) mass is 361 g/mol. The maximum atomic E-state index is 12.9. The highest BCUT2D eigenvalue weighted by Crippen LogP contribution is 2.24. The first-order chi connectivity index (χ1) is 12.6. The van der Waals surface area contributed by atoms with Gasteiger partial charge in [0.25, 0.3) is 0 Å². The predicted octanol–water partition coefficient (Wildman–Crippen LogP) is 2.90. The summed E-state index contributed by atoms with van der Waals surface area (Å²) in [4.78, 5) is 26.4. The Morgan fingerprint density at radius 1 is 1.35 bits per heavy atom. The van der Waals surface area contributed by atoms with E-state index in [-0.39, 0.29) is 30.7 Å². The average Bonchev–Trinajstić information content (AvgIpc) is 2.66. The van der Waals surface area contributed by atoms with Gasteiger partial charge < -0.3 is 19.5 Å². The molecule has 1 heterocycles. The number of ether oxygens (including phenoxy) is 2. The Bertz CT molecular complexity index is 650. The van der Waals surface area contributed by atoms with Crippen LogP contribution < -0.4 is 0 Å². The Labute approximate surface area is 154 Å². The minimum Gasteiger partial charge on any atom is -0.508 e. The second-order valence-corrected chi connectivity index (χ2v) is 6.24. The Morgan fingerprint density at radius 2 is 2.08 bits per heavy atom. The van der Waals surface area contributed by atoms with Crippen molar-refractivity contribution in [2.45, 2.75) is 33.2 Å². The van der Waals surface area contributed by atoms with Gasteiger partial charge >= 0.3 is 5.97 Å². The number of amides is 1. The minimum atomic E-state index is -0.474. The van der Waals surface area contributed by atoms with Crippen molar-refractivity contribution >= 4 is 11.9 Å². The van der Waals surface area contributed by atoms with Gasteiger partial charge in [0.15, 0.2) is 0 Å². The topological polar surface area (TPSA) is 76.1 Å². The third kappa shape index (κ3) is 5.33. The zero-order chi connectivity index (χ0) is 18.9. The van der Waals surface area contributed by atoms with Crippen molar-refractivity contribution in [3.63, 3.8) is 0 Å². The fourth-order valence-electron chi connectivity index (χ4n) is 2.91. The van der Waals surface area contributed by atoms with E-state index in [2.05, 4.69) is 0 Å². The van der Waals surface area contributed by atoms with E-state index in [9.17, 15) is 14.7 Å². The Balaban J connectivity index is 2.14. The molecule has 0 aliphatic carbocycles. The molecule has 1 amide bonds. The minimum absolute atomic E-state index is 0.0131. The number of allylic oxidation sites excluding steroid dienone is 1. The van der Waals surface area contributed by atoms with Crippen molar-refractivity contribution in [3.8, 4) is 5.75 Å². The maximum absolute atomic E-state index is 12.9. The third-order valence-electron chi connectivity index (χ3n) is 4.40. The molecule has 1 aliphatic heterocycles. The van der Waals surface area contributed by atoms with Gasteiger partial charge in [0, 0.05) is 37.8 Å². The first kappa shape index (κ1) is 20.0. The van der Waals surface area contributed by atoms with Crippen LogP contribution in [0.4, 0.5) is 0 Å². The molecule has 1 aliphatic rings. The van der Waals surface area contributed by atoms with Crippen LogP contribution in [0.2, 0.25) is 0 Å². The molecule has 1 aromatic carbocycles. The van der Waals surface area contributed by atoms with Crippen molar-refractivity contribution < 1.29 is 24.2 Å². The molecule has 26 heavy (non-hydrogen) atoms. The number of hydrogen-bond acceptors (Lipinski definition) is 5. The van der Waals surface area contributed by atoms with Gasteiger partial charge in [-0.25, -0.2) is 4.79 Å². The lowest BCUT2D eigenvalue weighted by Gasteiger charge is -2.29. The number of carbonyl (C=O) groups is 2. The van der Waals surface area contributed by atoms with Crippen LogP contribution in [0.1, 0.15) is 42.6 Å². The van der Waals surface area contributed by atoms with Gasteiger partial charge in [-0.1, -0.05) is 18.2 Å². The highest BCUT2D eigenvalue weighted by molar-refractivity contribution is 5.90. The molecule has 2 rings (SSSR count). The summed E-state index contributed by atoms with van der Waals surface area (Å²) in [6, 6.07) is 4.67. The second kappa shape index (κ2) is 9.97. The summed E-state index contributed by atoms with van der Waals surface area (Å²) in [6.07, 6.45) is 5.26. The quantitative estimate of drug-likeness (QED) is 0.597. The van der Waals surface area contributed by atoms with Gasteiger partial charge in [0.1, 0.15) is 5.75 Å². The standard InChI is InChI=1S/C20H27NO5/c1-3-5-10-21(19(23)15-8-11-25-12-9-15)14-17-7-6-16(13-18(17)22)20(24)26-4-2/h3,5-7,13,15,22H,4,8-12,14H2,1-2H3/b5-3-. The Kier molecular flexibility index (Phi) is 7.66. The molecule has 6 nitrogen and oxygen atoms in total. The fourth-order valence-corrected chi connectivity index (χ4v) is 2.91. The van der Waals surface area contributed by atoms with Crippen molar-refractivity contribution in [3.05, 3.63) is 41.5 Å². The molecule has 1 aromatic rings. The van der Waals surface area contributed by atoms with Crippen molar-refractivity contribution in [2.24, 2.45) is 5.92 Å². The van der Waals surface area contributed by atoms with Crippen LogP contribution in [0.25, 0.3) is 0 Å². The number of rotatable bonds is 7. The molecule has 0 aromatic heterocycles. The zero-order valence-electron chi connectivity index (χ0n) is 15.4. The van der Waals surface area contributed by atoms with Gasteiger partial charge in [-0.15, -0.1) is 0 Å². The van der Waals surface area contributed by atoms with E-state index in [4.69, 9.17) is 9.47 Å². The molecule has 0 radical (unpaired) electrons. The van der Waals surface area contributed by atoms with Crippen LogP contribution in [0, 0.1) is 5.92 Å². The number of carbonyl (C=O) groups excluding carboxylic acids is 2. The molecule has 1 fully saturated rings. The predicted molar refractivity (Wildman–Crippen MR) is 97.8 cm³/mol. The second-order valence-electron chi connectivity index (χ2n) is 6.24. The van der Waals surface area contributed by atoms with Gasteiger partial charge in [0.05, 0.1) is 12.2 Å². The molecule has 0 saturated carbocycles. The van der Waals surface area contributed by atoms with Gasteiger partial charge in [-0.05, 0) is 38.8 Å². The van der Waals surface area contributed by atoms with Crippen LogP contribution in [0.15, 0.2) is 30.4 Å². The SMILES string of the molecule is C/C=C\CN(Cc1ccc(C(=O)OCC)cc1O)C(=O)C1CCOCC1. The summed E-state index contributed by atoms with van der Waals surface area (Å²) in [7, 11) is 0. The first-order valence-electron chi connectivity index (χ1n) is 9.03. The largest absolute Gasteiger partial charge is 0.508 e. The van der Waals surface area contributed by atoms with Crippen LogP contribution in [-0.2, 0) is 20.8 Å². The summed E-state index contributed by atoms with van der Waals surface area (Å²) in [5.74, 6) is -0.463. The molecule has 142 valence electrons. The van der Waals surface area contributed by atoms with Crippen LogP contribution >= 0.6 is 0 Å². The molecule has 1 saturated heterocycles. The first-order valence-corrected chi connectivity index (χ1v) is 9.03. The smallest absolute Gasteiger partial charge is 0.338 e. The number of nitrogens with zero attached hydrogens (tertiary/aromatic N) is 1. The van der Waals surface area contributed by atoms with E-state index in [0.717, 1.165) is 12.8 Å². The van der Waals surface area contributed by atoms with Crippen LogP contribution in [0.5, 0.6) is 5.75 Å². The van der Waals surface area contributed by atoms with E-state index in [1.54, 1.807) is 24.0 Å². The molecule has 1 N–H and O–H groups in total. The number of hydrogen-bond donors (Lipinski definition) is 1. The van der Waals surface area contributed by atoms with Crippen LogP contribution in [-0.4, -0.2) is 48.2 Å². The number of benzene rings is 1. The summed E-state index contributed by atoms with van der Waals surface area (Å²) in [5.41, 5.74) is 0.895. The van der Waals surface area contributed by atoms with Crippen molar-refractivity contribution in [1.29, 1.82) is 0 Å². The van der Waals surface area contributed by atoms with E-state index in [1.807, 2.05) is 19.1 Å². The van der Waals surface area contributed by atoms with E-state index < -0.39 is 5.97 Å². The highest BCUT2D eigenvalue weighted by Gasteiger charge is 2.26. The summed E-state index contributed by atoms with van der Waals surface area (Å²) >= 11 is 0. The number of aromatic hydroxyl groups is 1. The number of esters is 1. The molecule has 0 spiro atoms. The Morgan fingerprint density at radius 3 is 2.69 bits per heavy atom. The maximum Gasteiger partial charge on any atom is 0.338 e. The molecule has 0 unspecified atom stereocenters. The molecular formula is C20H27NO5. The zero-order valence-corrected chi connectivity index (χ0v) is 15.4. The van der Waals surface area contributed by atoms with E-state index in [1.165, 1.54) is 6.07 Å². The fraction of sp³-hybridized carbons (Fsp3) is 0.500. The lowest BCUT2D eigenvalue weighted by Crippen LogP contribution is -2.38. The van der Waals surface area contributed by atoms with Gasteiger partial charge in [-0.2, -0.15) is 0 Å². The number of phenols is 1. The highest BCUT2D eigenvalue weighted by atomic mass is 16.5. The molecular weight excluding hydrogens is 334 g/mol. The van der Waals surface area contributed by atoms with Crippen LogP contribution in [0.3, 0.4) is 0 Å². The summed E-state index contributed by atoms with van der Waals surface area (Å²) in [5, 5.41) is 10.3. The Hall–Kier alpha value is -2.34. The van der Waals surface area contributed by atoms with Crippen molar-refractivity contribution in [1.82, 2.24) is 4.90 Å². The summed E-state index contributed by atoms with van der Waals surface area (Å²) in [6.45, 7) is 5.88. The third-order valence-corrected chi connectivity index (χ3v) is 4.40. The van der Waals surface area contributed by atoms with E-state index >= 15 is 0 Å². The van der Waals surface area contributed by atoms with E-state index in [0.29, 0.717) is 30.9 Å². The normalized spacial score (nSPS) is 15.2. The molecule has 0 bridgehead atoms. The number of phenolic OH excluding ortho intramolecular Hbond substituents is 1. The van der Waals surface area contributed by atoms with Gasteiger partial charge in [-0.3, -0.25) is 4.79 Å². The van der Waals surface area contributed by atoms with Gasteiger partial charge in [0.2, 0.25) is 5.91 Å². The lowest BCUT2D eigenvalue weighted by molar-refractivity contribution is -0.138. The molecule has 0 atom stereocenters. The summed E-state index contributed by atoms with van der Waals surface area (Å²) < 4.78 is 10.3. The lowest BCUT2D eigenvalue weighted by atomic mass is 9.98. The van der Waals surface area contributed by atoms with Crippen molar-refractivity contribution in [2.75, 3.05) is 26.4 Å². The molecule has 6 heteroatoms. The average molecular weight is 361 g/mol.